The van der Waals surface area contributed by atoms with Crippen LogP contribution in [0.1, 0.15) is 47.8 Å². The van der Waals surface area contributed by atoms with E-state index >= 15 is 0 Å². The normalized spacial score (nSPS) is 19.1. The van der Waals surface area contributed by atoms with Crippen LogP contribution in [0.2, 0.25) is 0 Å². The zero-order valence-electron chi connectivity index (χ0n) is 20.0. The van der Waals surface area contributed by atoms with E-state index in [1.165, 1.54) is 11.1 Å². The molecule has 0 spiro atoms. The number of likely N-dealkylation sites (tertiary alicyclic amines) is 1. The second-order valence-corrected chi connectivity index (χ2v) is 9.60. The summed E-state index contributed by atoms with van der Waals surface area (Å²) < 4.78 is 5.56. The van der Waals surface area contributed by atoms with Gasteiger partial charge in [0.25, 0.3) is 0 Å². The van der Waals surface area contributed by atoms with E-state index in [2.05, 4.69) is 17.1 Å². The van der Waals surface area contributed by atoms with Crippen LogP contribution in [0.5, 0.6) is 0 Å². The van der Waals surface area contributed by atoms with Gasteiger partial charge >= 0.3 is 0 Å². The smallest absolute Gasteiger partial charge is 0.230 e. The molecule has 2 saturated heterocycles. The van der Waals surface area contributed by atoms with Gasteiger partial charge in [0.05, 0.1) is 5.92 Å². The van der Waals surface area contributed by atoms with E-state index < -0.39 is 0 Å². The van der Waals surface area contributed by atoms with Crippen LogP contribution in [0.3, 0.4) is 0 Å². The monoisotopic (exact) mass is 458 g/mol. The zero-order chi connectivity index (χ0) is 23.8. The third kappa shape index (κ3) is 4.34. The molecule has 0 aliphatic carbocycles. The van der Waals surface area contributed by atoms with Gasteiger partial charge in [0.2, 0.25) is 23.5 Å². The van der Waals surface area contributed by atoms with Crippen molar-refractivity contribution in [1.29, 1.82) is 0 Å². The molecule has 3 aromatic rings. The molecule has 7 nitrogen and oxygen atoms in total. The lowest BCUT2D eigenvalue weighted by molar-refractivity contribution is -0.136. The number of nitrogens with zero attached hydrogens (tertiary/aromatic N) is 4. The van der Waals surface area contributed by atoms with Gasteiger partial charge in [-0.05, 0) is 56.9 Å². The van der Waals surface area contributed by atoms with Crippen molar-refractivity contribution in [3.63, 3.8) is 0 Å². The summed E-state index contributed by atoms with van der Waals surface area (Å²) in [4.78, 5) is 34.1. The molecule has 0 N–H and O–H groups in total. The van der Waals surface area contributed by atoms with Gasteiger partial charge in [0.15, 0.2) is 0 Å². The molecule has 2 fully saturated rings. The molecular weight excluding hydrogens is 428 g/mol. The highest BCUT2D eigenvalue weighted by Gasteiger charge is 2.38. The molecule has 0 saturated carbocycles. The van der Waals surface area contributed by atoms with Gasteiger partial charge in [-0.1, -0.05) is 41.1 Å². The van der Waals surface area contributed by atoms with Gasteiger partial charge < -0.3 is 14.3 Å². The fourth-order valence-electron chi connectivity index (χ4n) is 4.84. The Labute approximate surface area is 199 Å². The van der Waals surface area contributed by atoms with Crippen molar-refractivity contribution in [2.75, 3.05) is 24.5 Å². The number of carbonyl (C=O) groups is 2. The summed E-state index contributed by atoms with van der Waals surface area (Å²) in [7, 11) is 0. The van der Waals surface area contributed by atoms with E-state index in [9.17, 15) is 9.59 Å². The molecule has 0 unspecified atom stereocenters. The number of rotatable bonds is 4. The standard InChI is InChI=1S/C27H30N4O3/c1-17-4-7-20(8-5-17)25-28-26(34-29-25)21-10-12-30(13-11-21)27(33)22-15-24(32)31(16-22)23-9-6-18(2)19(3)14-23/h4-9,14,21-22H,10-13,15-16H2,1-3H3/t22-/m0/s1. The minimum absolute atomic E-state index is 0.0194. The summed E-state index contributed by atoms with van der Waals surface area (Å²) in [5, 5.41) is 4.16. The minimum atomic E-state index is -0.290. The number of hydrogen-bond acceptors (Lipinski definition) is 5. The number of piperidine rings is 1. The Balaban J connectivity index is 1.19. The molecule has 2 amide bonds. The van der Waals surface area contributed by atoms with Crippen molar-refractivity contribution in [3.05, 3.63) is 65.0 Å². The highest BCUT2D eigenvalue weighted by Crippen LogP contribution is 2.32. The Bertz CT molecular complexity index is 1210. The van der Waals surface area contributed by atoms with Crippen molar-refractivity contribution >= 4 is 17.5 Å². The zero-order valence-corrected chi connectivity index (χ0v) is 20.0. The molecule has 2 aromatic carbocycles. The maximum absolute atomic E-state index is 13.2. The van der Waals surface area contributed by atoms with Crippen LogP contribution in [0.4, 0.5) is 5.69 Å². The molecule has 1 aromatic heterocycles. The second kappa shape index (κ2) is 9.05. The van der Waals surface area contributed by atoms with Gasteiger partial charge in [0.1, 0.15) is 0 Å². The largest absolute Gasteiger partial charge is 0.342 e. The first-order valence-corrected chi connectivity index (χ1v) is 12.0. The summed E-state index contributed by atoms with van der Waals surface area (Å²) in [6.45, 7) is 7.87. The summed E-state index contributed by atoms with van der Waals surface area (Å²) in [6.07, 6.45) is 1.83. The van der Waals surface area contributed by atoms with E-state index in [-0.39, 0.29) is 30.1 Å². The molecule has 7 heteroatoms. The molecule has 5 rings (SSSR count). The quantitative estimate of drug-likeness (QED) is 0.578. The molecule has 2 aliphatic heterocycles. The third-order valence-electron chi connectivity index (χ3n) is 7.18. The highest BCUT2D eigenvalue weighted by atomic mass is 16.5. The predicted octanol–water partition coefficient (Wildman–Crippen LogP) is 4.42. The van der Waals surface area contributed by atoms with E-state index in [0.717, 1.165) is 29.7 Å². The molecule has 0 bridgehead atoms. The van der Waals surface area contributed by atoms with Crippen LogP contribution < -0.4 is 4.90 Å². The minimum Gasteiger partial charge on any atom is -0.342 e. The van der Waals surface area contributed by atoms with E-state index in [1.807, 2.05) is 61.2 Å². The fraction of sp³-hybridized carbons (Fsp3) is 0.407. The number of hydrogen-bond donors (Lipinski definition) is 0. The van der Waals surface area contributed by atoms with Crippen LogP contribution in [-0.4, -0.2) is 46.5 Å². The third-order valence-corrected chi connectivity index (χ3v) is 7.18. The summed E-state index contributed by atoms with van der Waals surface area (Å²) in [5.74, 6) is 1.19. The average molecular weight is 459 g/mol. The van der Waals surface area contributed by atoms with Crippen molar-refractivity contribution < 1.29 is 14.1 Å². The Morgan fingerprint density at radius 2 is 1.74 bits per heavy atom. The molecule has 1 atom stereocenters. The Morgan fingerprint density at radius 1 is 1.00 bits per heavy atom. The average Bonchev–Trinajstić information content (AvgIpc) is 3.48. The number of anilines is 1. The molecule has 34 heavy (non-hydrogen) atoms. The van der Waals surface area contributed by atoms with Crippen molar-refractivity contribution in [2.45, 2.75) is 46.0 Å². The predicted molar refractivity (Wildman–Crippen MR) is 129 cm³/mol. The topological polar surface area (TPSA) is 79.5 Å². The molecule has 176 valence electrons. The molecular formula is C27H30N4O3. The van der Waals surface area contributed by atoms with E-state index in [0.29, 0.717) is 31.3 Å². The van der Waals surface area contributed by atoms with Crippen LogP contribution in [-0.2, 0) is 9.59 Å². The fourth-order valence-corrected chi connectivity index (χ4v) is 4.84. The van der Waals surface area contributed by atoms with Gasteiger partial charge in [-0.15, -0.1) is 0 Å². The number of amides is 2. The van der Waals surface area contributed by atoms with Crippen LogP contribution in [0, 0.1) is 26.7 Å². The Hall–Kier alpha value is -3.48. The van der Waals surface area contributed by atoms with Gasteiger partial charge in [0, 0.05) is 43.2 Å². The first-order chi connectivity index (χ1) is 16.4. The number of benzene rings is 2. The number of aryl methyl sites for hydroxylation is 3. The SMILES string of the molecule is Cc1ccc(-c2noc(C3CCN(C(=O)[C@H]4CC(=O)N(c5ccc(C)c(C)c5)C4)CC3)n2)cc1. The van der Waals surface area contributed by atoms with Gasteiger partial charge in [-0.3, -0.25) is 9.59 Å². The van der Waals surface area contributed by atoms with Crippen LogP contribution in [0.15, 0.2) is 47.0 Å². The second-order valence-electron chi connectivity index (χ2n) is 9.60. The lowest BCUT2D eigenvalue weighted by Crippen LogP contribution is -2.42. The molecule has 0 radical (unpaired) electrons. The van der Waals surface area contributed by atoms with Crippen LogP contribution in [0.25, 0.3) is 11.4 Å². The van der Waals surface area contributed by atoms with Crippen molar-refractivity contribution in [3.8, 4) is 11.4 Å². The summed E-state index contributed by atoms with van der Waals surface area (Å²) >= 11 is 0. The summed E-state index contributed by atoms with van der Waals surface area (Å²) in [6, 6.07) is 14.1. The number of aromatic nitrogens is 2. The van der Waals surface area contributed by atoms with Crippen molar-refractivity contribution in [1.82, 2.24) is 15.0 Å². The van der Waals surface area contributed by atoms with Gasteiger partial charge in [-0.25, -0.2) is 0 Å². The first kappa shape index (κ1) is 22.3. The maximum atomic E-state index is 13.2. The Morgan fingerprint density at radius 3 is 2.44 bits per heavy atom. The Kier molecular flexibility index (Phi) is 5.94. The van der Waals surface area contributed by atoms with E-state index in [1.54, 1.807) is 4.90 Å². The van der Waals surface area contributed by atoms with Crippen LogP contribution >= 0.6 is 0 Å². The number of carbonyl (C=O) groups excluding carboxylic acids is 2. The molecule has 2 aliphatic rings. The highest BCUT2D eigenvalue weighted by molar-refractivity contribution is 6.00. The van der Waals surface area contributed by atoms with Gasteiger partial charge in [-0.2, -0.15) is 4.98 Å². The van der Waals surface area contributed by atoms with Crippen molar-refractivity contribution in [2.24, 2.45) is 5.92 Å². The molecule has 3 heterocycles. The summed E-state index contributed by atoms with van der Waals surface area (Å²) in [5.41, 5.74) is 5.34. The lowest BCUT2D eigenvalue weighted by Gasteiger charge is -2.32. The maximum Gasteiger partial charge on any atom is 0.230 e. The first-order valence-electron chi connectivity index (χ1n) is 12.0. The van der Waals surface area contributed by atoms with E-state index in [4.69, 9.17) is 4.52 Å². The lowest BCUT2D eigenvalue weighted by atomic mass is 9.95.